The Bertz CT molecular complexity index is 2230. The summed E-state index contributed by atoms with van der Waals surface area (Å²) in [5.74, 6) is 1.25. The molecule has 14 heteroatoms. The first kappa shape index (κ1) is 46.0. The smallest absolute Gasteiger partial charge is 0.264 e. The molecule has 6 atom stereocenters. The van der Waals surface area contributed by atoms with Gasteiger partial charge in [0.05, 0.1) is 10.9 Å². The van der Waals surface area contributed by atoms with Gasteiger partial charge in [0, 0.05) is 99.7 Å². The molecule has 2 amide bonds. The number of methoxy groups -OCH3 is 1. The number of nitrogens with zero attached hydrogens (tertiary/aromatic N) is 4. The van der Waals surface area contributed by atoms with Crippen LogP contribution in [0, 0.1) is 17.8 Å². The number of hydrogen-bond donors (Lipinski definition) is 1. The van der Waals surface area contributed by atoms with Gasteiger partial charge in [-0.25, -0.2) is 13.1 Å². The molecule has 63 heavy (non-hydrogen) atoms. The molecule has 3 aromatic rings. The Balaban J connectivity index is 1.05. The van der Waals surface area contributed by atoms with Crippen molar-refractivity contribution in [1.82, 2.24) is 19.4 Å². The van der Waals surface area contributed by atoms with Crippen LogP contribution < -0.4 is 14.4 Å². The summed E-state index contributed by atoms with van der Waals surface area (Å²) in [7, 11) is -2.17. The van der Waals surface area contributed by atoms with E-state index in [0.29, 0.717) is 42.7 Å². The molecule has 0 spiro atoms. The number of piperazine rings is 2. The van der Waals surface area contributed by atoms with Crippen molar-refractivity contribution in [2.75, 3.05) is 76.7 Å². The van der Waals surface area contributed by atoms with E-state index in [4.69, 9.17) is 21.1 Å². The van der Waals surface area contributed by atoms with Crippen LogP contribution in [0.4, 0.5) is 5.69 Å². The summed E-state index contributed by atoms with van der Waals surface area (Å²) in [4.78, 5) is 38.0. The highest BCUT2D eigenvalue weighted by atomic mass is 35.5. The lowest BCUT2D eigenvalue weighted by molar-refractivity contribution is -0.136. The number of ether oxygens (including phenoxy) is 2. The van der Waals surface area contributed by atoms with Gasteiger partial charge in [0.2, 0.25) is 15.9 Å². The highest BCUT2D eigenvalue weighted by Gasteiger charge is 2.49. The topological polar surface area (TPSA) is 112 Å². The van der Waals surface area contributed by atoms with E-state index >= 15 is 0 Å². The minimum absolute atomic E-state index is 0.202. The molecule has 340 valence electrons. The lowest BCUT2D eigenvalue weighted by Crippen LogP contribution is -2.65. The zero-order valence-corrected chi connectivity index (χ0v) is 39.4. The van der Waals surface area contributed by atoms with Gasteiger partial charge in [0.1, 0.15) is 18.0 Å². The van der Waals surface area contributed by atoms with Gasteiger partial charge in [-0.15, -0.1) is 11.8 Å². The van der Waals surface area contributed by atoms with E-state index in [-0.39, 0.29) is 29.3 Å². The second-order valence-electron chi connectivity index (χ2n) is 18.4. The summed E-state index contributed by atoms with van der Waals surface area (Å²) < 4.78 is 43.3. The minimum atomic E-state index is -4.00. The van der Waals surface area contributed by atoms with Crippen LogP contribution >= 0.6 is 23.4 Å². The van der Waals surface area contributed by atoms with E-state index in [1.807, 2.05) is 62.6 Å². The number of carbonyl (C=O) groups is 2. The highest BCUT2D eigenvalue weighted by Crippen LogP contribution is 2.47. The van der Waals surface area contributed by atoms with Gasteiger partial charge in [-0.3, -0.25) is 19.4 Å². The first-order chi connectivity index (χ1) is 30.4. The number of allylic oxidation sites excluding steroid dienone is 1. The van der Waals surface area contributed by atoms with Crippen LogP contribution in [0.15, 0.2) is 83.8 Å². The monoisotopic (exact) mass is 917 g/mol. The number of nitrogens with one attached hydrogen (secondary N) is 1. The summed E-state index contributed by atoms with van der Waals surface area (Å²) >= 11 is 8.18. The third-order valence-electron chi connectivity index (χ3n) is 14.5. The van der Waals surface area contributed by atoms with Gasteiger partial charge in [0.25, 0.3) is 5.91 Å². The van der Waals surface area contributed by atoms with Crippen molar-refractivity contribution in [3.05, 3.63) is 101 Å². The van der Waals surface area contributed by atoms with Gasteiger partial charge in [-0.05, 0) is 117 Å². The molecule has 0 unspecified atom stereocenters. The quantitative estimate of drug-likeness (QED) is 0.189. The van der Waals surface area contributed by atoms with Crippen LogP contribution in [0.25, 0.3) is 0 Å². The highest BCUT2D eigenvalue weighted by molar-refractivity contribution is 7.99. The average molecular weight is 919 g/mol. The molecule has 3 aromatic carbocycles. The minimum Gasteiger partial charge on any atom is -0.487 e. The number of hydrogen-bond acceptors (Lipinski definition) is 10. The van der Waals surface area contributed by atoms with E-state index in [1.54, 1.807) is 24.8 Å². The lowest BCUT2D eigenvalue weighted by atomic mass is 9.63. The van der Waals surface area contributed by atoms with Crippen molar-refractivity contribution in [3.63, 3.8) is 0 Å². The molecule has 0 aromatic heterocycles. The third-order valence-corrected chi connectivity index (χ3v) is 17.6. The fourth-order valence-electron chi connectivity index (χ4n) is 10.3. The third kappa shape index (κ3) is 10.8. The first-order valence-corrected chi connectivity index (χ1v) is 25.8. The van der Waals surface area contributed by atoms with Crippen LogP contribution in [-0.2, 0) is 32.6 Å². The predicted molar refractivity (Wildman–Crippen MR) is 252 cm³/mol. The van der Waals surface area contributed by atoms with E-state index in [9.17, 15) is 18.0 Å². The number of halogens is 1. The molecule has 3 fully saturated rings. The molecule has 1 saturated carbocycles. The number of sulfonamides is 1. The molecule has 1 N–H and O–H groups in total. The molecular formula is C49H64ClN5O6S2. The van der Waals surface area contributed by atoms with Crippen molar-refractivity contribution in [2.24, 2.45) is 17.8 Å². The molecule has 2 bridgehead atoms. The number of thioether (sulfide) groups is 1. The maximum Gasteiger partial charge on any atom is 0.264 e. The molecule has 4 heterocycles. The van der Waals surface area contributed by atoms with Crippen LogP contribution in [0.3, 0.4) is 0 Å². The van der Waals surface area contributed by atoms with E-state index in [0.717, 1.165) is 101 Å². The average Bonchev–Trinajstić information content (AvgIpc) is 3.30. The molecule has 11 nitrogen and oxygen atoms in total. The molecule has 5 aliphatic rings. The number of fused-ring (bicyclic) bond motifs is 4. The molecule has 4 aliphatic heterocycles. The normalized spacial score (nSPS) is 28.8. The predicted octanol–water partition coefficient (Wildman–Crippen LogP) is 7.53. The largest absolute Gasteiger partial charge is 0.487 e. The van der Waals surface area contributed by atoms with Crippen LogP contribution in [0.5, 0.6) is 5.75 Å². The Hall–Kier alpha value is -3.59. The summed E-state index contributed by atoms with van der Waals surface area (Å²) in [6, 6.07) is 21.8. The number of benzene rings is 3. The van der Waals surface area contributed by atoms with Gasteiger partial charge in [-0.2, -0.15) is 0 Å². The van der Waals surface area contributed by atoms with Crippen molar-refractivity contribution in [1.29, 1.82) is 0 Å². The first-order valence-electron chi connectivity index (χ1n) is 22.9. The molecule has 0 radical (unpaired) electrons. The fraction of sp³-hybridized carbons (Fsp3) is 0.551. The summed E-state index contributed by atoms with van der Waals surface area (Å²) in [6.07, 6.45) is 10.2. The van der Waals surface area contributed by atoms with Crippen molar-refractivity contribution in [2.45, 2.75) is 87.2 Å². The maximum absolute atomic E-state index is 13.8. The number of aryl methyl sites for hydroxylation is 1. The number of rotatable bonds is 7. The zero-order valence-electron chi connectivity index (χ0n) is 37.1. The van der Waals surface area contributed by atoms with Crippen molar-refractivity contribution >= 4 is 50.9 Å². The second kappa shape index (κ2) is 20.3. The number of anilines is 1. The van der Waals surface area contributed by atoms with Crippen molar-refractivity contribution in [3.8, 4) is 5.75 Å². The summed E-state index contributed by atoms with van der Waals surface area (Å²) in [5, 5.41) is -0.110. The number of amides is 2. The zero-order chi connectivity index (χ0) is 44.1. The van der Waals surface area contributed by atoms with E-state index in [1.165, 1.54) is 10.5 Å². The second-order valence-corrected chi connectivity index (χ2v) is 22.0. The lowest BCUT2D eigenvalue weighted by Gasteiger charge is -2.53. The van der Waals surface area contributed by atoms with Crippen LogP contribution in [0.2, 0.25) is 5.02 Å². The number of carbonyl (C=O) groups excluding carboxylic acids is 2. The summed E-state index contributed by atoms with van der Waals surface area (Å²) in [6.45, 7) is 11.2. The van der Waals surface area contributed by atoms with Crippen LogP contribution in [0.1, 0.15) is 73.9 Å². The van der Waals surface area contributed by atoms with Gasteiger partial charge in [0.15, 0.2) is 0 Å². The standard InChI is InChI=1S/C49H64ClN5O6S2/c1-35-10-9-21-49(60-3,34-52-23-24-53-25-26-55(32-42(53)31-52)47(56)20-27-62-43-12-5-4-6-13-43)44-18-15-39(44)30-54-22-8-7-11-37-28-41(50)17-14-40(37)33-61-46-19-16-38(29-45(46)54)48(57)51-63(58,59)36(35)2/h4-6,9,12-14,16-17,19,21,28-29,35-36,39,42,44H,7-8,10-11,15,18,20,22-27,30-34H2,1-3H3,(H,51,57)/b21-9+/t35-,36+,39-,42+,44+,49+/m0/s1. The van der Waals surface area contributed by atoms with E-state index in [2.05, 4.69) is 48.6 Å². The Morgan fingerprint density at radius 3 is 2.57 bits per heavy atom. The Labute approximate surface area is 383 Å². The van der Waals surface area contributed by atoms with E-state index < -0.39 is 26.8 Å². The molecule has 1 aliphatic carbocycles. The molecule has 2 saturated heterocycles. The van der Waals surface area contributed by atoms with Gasteiger partial charge < -0.3 is 19.3 Å². The van der Waals surface area contributed by atoms with Crippen molar-refractivity contribution < 1.29 is 27.5 Å². The summed E-state index contributed by atoms with van der Waals surface area (Å²) in [5.41, 5.74) is 2.71. The molecule has 8 rings (SSSR count). The Morgan fingerprint density at radius 2 is 1.78 bits per heavy atom. The molecular weight excluding hydrogens is 854 g/mol. The van der Waals surface area contributed by atoms with Crippen LogP contribution in [-0.4, -0.2) is 124 Å². The maximum atomic E-state index is 13.8. The SMILES string of the molecule is CO[C@@]1(CN2CCN3CCN(C(=O)CCSc4ccccc4)C[C@H]3C2)/C=C/C[C@H](C)[C@@H](C)S(=O)(=O)NC(=O)c2ccc3c(c2)N(CCCCc2cc(Cl)ccc2CO3)C[C@@H]2CC[C@H]21. The fourth-order valence-corrected chi connectivity index (χ4v) is 12.6. The van der Waals surface area contributed by atoms with Gasteiger partial charge in [-0.1, -0.05) is 54.9 Å². The van der Waals surface area contributed by atoms with Gasteiger partial charge >= 0.3 is 0 Å². The Kier molecular flexibility index (Phi) is 14.8. The Morgan fingerprint density at radius 1 is 0.952 bits per heavy atom.